The van der Waals surface area contributed by atoms with Crippen molar-refractivity contribution in [3.05, 3.63) is 63.7 Å². The van der Waals surface area contributed by atoms with Gasteiger partial charge in [-0.2, -0.15) is 9.57 Å². The molecule has 1 aliphatic heterocycles. The number of piperazine rings is 1. The Bertz CT molecular complexity index is 1000. The van der Waals surface area contributed by atoms with Gasteiger partial charge in [-0.05, 0) is 31.2 Å². The predicted octanol–water partition coefficient (Wildman–Crippen LogP) is 2.29. The van der Waals surface area contributed by atoms with Crippen LogP contribution in [0.3, 0.4) is 0 Å². The Morgan fingerprint density at radius 1 is 1.07 bits per heavy atom. The molecular formula is C18H18N4O4S. The molecule has 3 rings (SSSR count). The second-order valence-corrected chi connectivity index (χ2v) is 8.21. The first-order valence-corrected chi connectivity index (χ1v) is 9.77. The molecule has 27 heavy (non-hydrogen) atoms. The zero-order chi connectivity index (χ0) is 19.6. The first-order chi connectivity index (χ1) is 12.8. The molecule has 0 amide bonds. The standard InChI is InChI=1S/C18H18N4O4S/c1-14-2-5-16(6-3-14)27(25,26)21-10-8-20(9-11-21)18-12-15(13-19)4-7-17(18)22(23)24/h2-7,12H,8-11H2,1H3. The average Bonchev–Trinajstić information content (AvgIpc) is 2.68. The van der Waals surface area contributed by atoms with E-state index in [0.717, 1.165) is 5.56 Å². The van der Waals surface area contributed by atoms with E-state index in [0.29, 0.717) is 24.3 Å². The lowest BCUT2D eigenvalue weighted by Gasteiger charge is -2.35. The van der Waals surface area contributed by atoms with E-state index in [4.69, 9.17) is 5.26 Å². The topological polar surface area (TPSA) is 108 Å². The molecule has 0 unspecified atom stereocenters. The first-order valence-electron chi connectivity index (χ1n) is 8.33. The van der Waals surface area contributed by atoms with E-state index in [-0.39, 0.29) is 23.7 Å². The highest BCUT2D eigenvalue weighted by atomic mass is 32.2. The van der Waals surface area contributed by atoms with Crippen LogP contribution in [0.25, 0.3) is 0 Å². The SMILES string of the molecule is Cc1ccc(S(=O)(=O)N2CCN(c3cc(C#N)ccc3[N+](=O)[O-])CC2)cc1. The van der Waals surface area contributed by atoms with Crippen LogP contribution < -0.4 is 4.90 Å². The van der Waals surface area contributed by atoms with E-state index >= 15 is 0 Å². The van der Waals surface area contributed by atoms with Gasteiger partial charge in [0.25, 0.3) is 5.69 Å². The Balaban J connectivity index is 1.81. The number of nitriles is 1. The van der Waals surface area contributed by atoms with Gasteiger partial charge in [0.05, 0.1) is 21.5 Å². The van der Waals surface area contributed by atoms with Crippen LogP contribution in [0.1, 0.15) is 11.1 Å². The molecule has 2 aromatic rings. The number of aryl methyl sites for hydroxylation is 1. The summed E-state index contributed by atoms with van der Waals surface area (Å²) in [6.45, 7) is 2.92. The first kappa shape index (κ1) is 18.8. The minimum atomic E-state index is -3.60. The number of benzene rings is 2. The van der Waals surface area contributed by atoms with Crippen molar-refractivity contribution in [3.63, 3.8) is 0 Å². The zero-order valence-electron chi connectivity index (χ0n) is 14.7. The van der Waals surface area contributed by atoms with Gasteiger partial charge in [-0.3, -0.25) is 10.1 Å². The molecule has 0 N–H and O–H groups in total. The average molecular weight is 386 g/mol. The lowest BCUT2D eigenvalue weighted by Crippen LogP contribution is -2.48. The monoisotopic (exact) mass is 386 g/mol. The second kappa shape index (κ2) is 7.34. The van der Waals surface area contributed by atoms with Gasteiger partial charge in [0.15, 0.2) is 0 Å². The summed E-state index contributed by atoms with van der Waals surface area (Å²) in [4.78, 5) is 12.8. The molecule has 0 aliphatic carbocycles. The summed E-state index contributed by atoms with van der Waals surface area (Å²) >= 11 is 0. The molecule has 1 heterocycles. The van der Waals surface area contributed by atoms with Gasteiger partial charge in [-0.1, -0.05) is 17.7 Å². The molecule has 1 saturated heterocycles. The summed E-state index contributed by atoms with van der Waals surface area (Å²) in [5.74, 6) is 0. The molecule has 1 fully saturated rings. The Kier molecular flexibility index (Phi) is 5.12. The fraction of sp³-hybridized carbons (Fsp3) is 0.278. The van der Waals surface area contributed by atoms with Gasteiger partial charge < -0.3 is 4.90 Å². The van der Waals surface area contributed by atoms with Gasteiger partial charge in [-0.15, -0.1) is 0 Å². The van der Waals surface area contributed by atoms with E-state index in [1.165, 1.54) is 22.5 Å². The maximum atomic E-state index is 12.8. The number of nitrogens with zero attached hydrogens (tertiary/aromatic N) is 4. The van der Waals surface area contributed by atoms with Crippen LogP contribution in [-0.4, -0.2) is 43.8 Å². The van der Waals surface area contributed by atoms with Crippen LogP contribution in [0.4, 0.5) is 11.4 Å². The molecule has 9 heteroatoms. The lowest BCUT2D eigenvalue weighted by atomic mass is 10.1. The van der Waals surface area contributed by atoms with Crippen molar-refractivity contribution in [2.75, 3.05) is 31.1 Å². The van der Waals surface area contributed by atoms with Crippen molar-refractivity contribution in [1.82, 2.24) is 4.31 Å². The molecule has 8 nitrogen and oxygen atoms in total. The van der Waals surface area contributed by atoms with Crippen molar-refractivity contribution in [2.45, 2.75) is 11.8 Å². The van der Waals surface area contributed by atoms with E-state index in [1.807, 2.05) is 13.0 Å². The molecule has 1 aliphatic rings. The predicted molar refractivity (Wildman–Crippen MR) is 100.0 cm³/mol. The summed E-state index contributed by atoms with van der Waals surface area (Å²) < 4.78 is 26.9. The molecule has 0 saturated carbocycles. The van der Waals surface area contributed by atoms with Crippen LogP contribution in [0, 0.1) is 28.4 Å². The van der Waals surface area contributed by atoms with Crippen LogP contribution in [0.2, 0.25) is 0 Å². The highest BCUT2D eigenvalue weighted by Gasteiger charge is 2.30. The lowest BCUT2D eigenvalue weighted by molar-refractivity contribution is -0.384. The zero-order valence-corrected chi connectivity index (χ0v) is 15.5. The Hall–Kier alpha value is -2.96. The molecule has 2 aromatic carbocycles. The van der Waals surface area contributed by atoms with Gasteiger partial charge >= 0.3 is 0 Å². The third-order valence-electron chi connectivity index (χ3n) is 4.54. The number of nitro groups is 1. The second-order valence-electron chi connectivity index (χ2n) is 6.28. The molecular weight excluding hydrogens is 368 g/mol. The number of rotatable bonds is 4. The van der Waals surface area contributed by atoms with E-state index in [2.05, 4.69) is 0 Å². The number of anilines is 1. The molecule has 0 spiro atoms. The van der Waals surface area contributed by atoms with E-state index < -0.39 is 14.9 Å². The maximum Gasteiger partial charge on any atom is 0.292 e. The summed E-state index contributed by atoms with van der Waals surface area (Å²) in [6, 6.07) is 12.8. The van der Waals surface area contributed by atoms with Gasteiger partial charge in [-0.25, -0.2) is 8.42 Å². The van der Waals surface area contributed by atoms with Crippen molar-refractivity contribution in [1.29, 1.82) is 5.26 Å². The van der Waals surface area contributed by atoms with Crippen molar-refractivity contribution in [2.24, 2.45) is 0 Å². The van der Waals surface area contributed by atoms with E-state index in [9.17, 15) is 18.5 Å². The summed E-state index contributed by atoms with van der Waals surface area (Å²) in [5, 5.41) is 20.3. The highest BCUT2D eigenvalue weighted by molar-refractivity contribution is 7.89. The van der Waals surface area contributed by atoms with E-state index in [1.54, 1.807) is 29.2 Å². The minimum absolute atomic E-state index is 0.0937. The largest absolute Gasteiger partial charge is 0.363 e. The summed E-state index contributed by atoms with van der Waals surface area (Å²) in [5.41, 5.74) is 1.55. The number of hydrogen-bond donors (Lipinski definition) is 0. The van der Waals surface area contributed by atoms with Gasteiger partial charge in [0.2, 0.25) is 10.0 Å². The molecule has 0 aromatic heterocycles. The fourth-order valence-corrected chi connectivity index (χ4v) is 4.45. The molecule has 0 bridgehead atoms. The fourth-order valence-electron chi connectivity index (χ4n) is 3.03. The molecule has 0 radical (unpaired) electrons. The van der Waals surface area contributed by atoms with Crippen LogP contribution in [-0.2, 0) is 10.0 Å². The smallest absolute Gasteiger partial charge is 0.292 e. The minimum Gasteiger partial charge on any atom is -0.363 e. The van der Waals surface area contributed by atoms with Crippen molar-refractivity contribution in [3.8, 4) is 6.07 Å². The Morgan fingerprint density at radius 3 is 2.26 bits per heavy atom. The third kappa shape index (κ3) is 3.77. The third-order valence-corrected chi connectivity index (χ3v) is 6.45. The van der Waals surface area contributed by atoms with Crippen molar-refractivity contribution < 1.29 is 13.3 Å². The van der Waals surface area contributed by atoms with Crippen LogP contribution in [0.15, 0.2) is 47.4 Å². The summed E-state index contributed by atoms with van der Waals surface area (Å²) in [6.07, 6.45) is 0. The maximum absolute atomic E-state index is 12.8. The van der Waals surface area contributed by atoms with Gasteiger partial charge in [0.1, 0.15) is 5.69 Å². The van der Waals surface area contributed by atoms with Crippen LogP contribution in [0.5, 0.6) is 0 Å². The quantitative estimate of drug-likeness (QED) is 0.589. The Labute approximate surface area is 157 Å². The number of sulfonamides is 1. The molecule has 140 valence electrons. The van der Waals surface area contributed by atoms with Gasteiger partial charge in [0, 0.05) is 32.2 Å². The number of nitro benzene ring substituents is 1. The highest BCUT2D eigenvalue weighted by Crippen LogP contribution is 2.30. The molecule has 0 atom stereocenters. The summed E-state index contributed by atoms with van der Waals surface area (Å²) in [7, 11) is -3.60. The van der Waals surface area contributed by atoms with Crippen molar-refractivity contribution >= 4 is 21.4 Å². The Morgan fingerprint density at radius 2 is 1.70 bits per heavy atom. The number of hydrogen-bond acceptors (Lipinski definition) is 6. The van der Waals surface area contributed by atoms with Crippen LogP contribution >= 0.6 is 0 Å². The normalized spacial score (nSPS) is 15.3.